The Kier molecular flexibility index (Phi) is 5.55. The highest BCUT2D eigenvalue weighted by atomic mass is 79.9. The van der Waals surface area contributed by atoms with Gasteiger partial charge in [-0.15, -0.1) is 0 Å². The minimum atomic E-state index is -1.48. The zero-order valence-electron chi connectivity index (χ0n) is 12.0. The molecule has 0 aliphatic carbocycles. The number of nitriles is 2. The third-order valence-corrected chi connectivity index (χ3v) is 4.72. The van der Waals surface area contributed by atoms with Gasteiger partial charge in [-0.2, -0.15) is 10.5 Å². The van der Waals surface area contributed by atoms with Crippen molar-refractivity contribution >= 4 is 33.3 Å². The molecule has 2 rings (SSSR count). The number of carbonyl (C=O) groups is 1. The van der Waals surface area contributed by atoms with Gasteiger partial charge in [0.15, 0.2) is 5.78 Å². The molecule has 5 heteroatoms. The van der Waals surface area contributed by atoms with Crippen LogP contribution in [0.15, 0.2) is 54.6 Å². The van der Waals surface area contributed by atoms with Crippen molar-refractivity contribution in [1.29, 1.82) is 10.5 Å². The van der Waals surface area contributed by atoms with E-state index in [1.807, 2.05) is 18.2 Å². The van der Waals surface area contributed by atoms with Crippen molar-refractivity contribution in [3.8, 4) is 12.1 Å². The number of benzene rings is 2. The second kappa shape index (κ2) is 7.42. The number of ketones is 1. The van der Waals surface area contributed by atoms with E-state index in [4.69, 9.17) is 11.6 Å². The Hall–Kier alpha value is -2.14. The monoisotopic (exact) mass is 386 g/mol. The van der Waals surface area contributed by atoms with E-state index in [-0.39, 0.29) is 12.2 Å². The van der Waals surface area contributed by atoms with Crippen LogP contribution in [0.4, 0.5) is 0 Å². The highest BCUT2D eigenvalue weighted by molar-refractivity contribution is 9.10. The number of nitrogens with zero attached hydrogens (tertiary/aromatic N) is 2. The van der Waals surface area contributed by atoms with E-state index < -0.39 is 10.2 Å². The van der Waals surface area contributed by atoms with Crippen LogP contribution in [-0.4, -0.2) is 10.1 Å². The maximum absolute atomic E-state index is 12.5. The van der Waals surface area contributed by atoms with Gasteiger partial charge in [0, 0.05) is 22.9 Å². The molecule has 0 heterocycles. The topological polar surface area (TPSA) is 64.7 Å². The first-order chi connectivity index (χ1) is 11.0. The number of Topliss-reactive ketones (excluding diaryl/α,β-unsaturated/α-hetero) is 1. The summed E-state index contributed by atoms with van der Waals surface area (Å²) in [7, 11) is 0. The van der Waals surface area contributed by atoms with Gasteiger partial charge in [0.1, 0.15) is 0 Å². The van der Waals surface area contributed by atoms with Gasteiger partial charge in [-0.05, 0) is 17.7 Å². The first-order valence-electron chi connectivity index (χ1n) is 6.85. The Morgan fingerprint density at radius 3 is 2.17 bits per heavy atom. The number of rotatable bonds is 5. The Labute approximate surface area is 148 Å². The van der Waals surface area contributed by atoms with E-state index in [2.05, 4.69) is 15.9 Å². The summed E-state index contributed by atoms with van der Waals surface area (Å²) in [5.74, 6) is -0.734. The zero-order valence-corrected chi connectivity index (χ0v) is 14.4. The molecule has 0 aliphatic rings. The van der Waals surface area contributed by atoms with Crippen LogP contribution in [-0.2, 0) is 0 Å². The van der Waals surface area contributed by atoms with Crippen molar-refractivity contribution < 1.29 is 4.79 Å². The molecule has 0 aliphatic heterocycles. The number of alkyl halides is 1. The lowest BCUT2D eigenvalue weighted by Crippen LogP contribution is -2.28. The van der Waals surface area contributed by atoms with Gasteiger partial charge in [0.05, 0.1) is 12.1 Å². The summed E-state index contributed by atoms with van der Waals surface area (Å²) in [5.41, 5.74) is 1.26. The summed E-state index contributed by atoms with van der Waals surface area (Å²) in [6.07, 6.45) is 0.0397. The van der Waals surface area contributed by atoms with Crippen molar-refractivity contribution in [3.05, 3.63) is 70.7 Å². The largest absolute Gasteiger partial charge is 0.294 e. The molecule has 0 amide bonds. The molecule has 23 heavy (non-hydrogen) atoms. The summed E-state index contributed by atoms with van der Waals surface area (Å²) < 4.78 is -1.48. The van der Waals surface area contributed by atoms with Crippen LogP contribution in [0.5, 0.6) is 0 Å². The average molecular weight is 388 g/mol. The Bertz CT molecular complexity index is 761. The maximum Gasteiger partial charge on any atom is 0.204 e. The normalized spacial score (nSPS) is 12.0. The number of halogens is 2. The van der Waals surface area contributed by atoms with E-state index in [9.17, 15) is 15.3 Å². The van der Waals surface area contributed by atoms with Crippen LogP contribution in [0, 0.1) is 22.7 Å². The van der Waals surface area contributed by atoms with Crippen molar-refractivity contribution in [1.82, 2.24) is 0 Å². The second-order valence-corrected chi connectivity index (χ2v) is 6.72. The molecule has 0 aromatic heterocycles. The van der Waals surface area contributed by atoms with E-state index in [1.165, 1.54) is 0 Å². The molecule has 114 valence electrons. The summed E-state index contributed by atoms with van der Waals surface area (Å²) in [4.78, 5) is 12.5. The molecule has 0 saturated heterocycles. The quantitative estimate of drug-likeness (QED) is 0.542. The molecular weight excluding hydrogens is 376 g/mol. The molecule has 0 fully saturated rings. The molecule has 0 radical (unpaired) electrons. The number of hydrogen-bond donors (Lipinski definition) is 0. The SMILES string of the molecule is N#CC(Br)(C#N)C(CC(=O)c1ccccc1)c1ccc(Cl)cc1. The molecule has 1 atom stereocenters. The summed E-state index contributed by atoms with van der Waals surface area (Å²) in [6, 6.07) is 19.6. The first kappa shape index (κ1) is 17.2. The lowest BCUT2D eigenvalue weighted by Gasteiger charge is -2.24. The zero-order chi connectivity index (χ0) is 16.9. The van der Waals surface area contributed by atoms with Gasteiger partial charge in [-0.1, -0.05) is 70.0 Å². The standard InChI is InChI=1S/C18H12BrClN2O/c19-18(11-21,12-22)16(13-6-8-15(20)9-7-13)10-17(23)14-4-2-1-3-5-14/h1-9,16H,10H2. The molecule has 2 aromatic rings. The fourth-order valence-corrected chi connectivity index (χ4v) is 2.84. The molecule has 0 spiro atoms. The third kappa shape index (κ3) is 3.99. The second-order valence-electron chi connectivity index (χ2n) is 5.03. The van der Waals surface area contributed by atoms with Crippen LogP contribution in [0.2, 0.25) is 5.02 Å². The summed E-state index contributed by atoms with van der Waals surface area (Å²) >= 11 is 9.09. The molecule has 0 N–H and O–H groups in total. The first-order valence-corrected chi connectivity index (χ1v) is 8.02. The Morgan fingerprint density at radius 2 is 1.65 bits per heavy atom. The Morgan fingerprint density at radius 1 is 1.09 bits per heavy atom. The van der Waals surface area contributed by atoms with Crippen molar-refractivity contribution in [2.45, 2.75) is 16.7 Å². The Balaban J connectivity index is 2.39. The minimum Gasteiger partial charge on any atom is -0.294 e. The molecule has 1 unspecified atom stereocenters. The smallest absolute Gasteiger partial charge is 0.204 e. The van der Waals surface area contributed by atoms with Crippen LogP contribution >= 0.6 is 27.5 Å². The van der Waals surface area contributed by atoms with Crippen molar-refractivity contribution in [3.63, 3.8) is 0 Å². The van der Waals surface area contributed by atoms with Gasteiger partial charge in [-0.25, -0.2) is 0 Å². The van der Waals surface area contributed by atoms with E-state index in [0.717, 1.165) is 0 Å². The number of carbonyl (C=O) groups excluding carboxylic acids is 1. The van der Waals surface area contributed by atoms with Gasteiger partial charge in [0.2, 0.25) is 4.32 Å². The fraction of sp³-hybridized carbons (Fsp3) is 0.167. The third-order valence-electron chi connectivity index (χ3n) is 3.56. The van der Waals surface area contributed by atoms with E-state index in [0.29, 0.717) is 16.1 Å². The average Bonchev–Trinajstić information content (AvgIpc) is 2.60. The van der Waals surface area contributed by atoms with Gasteiger partial charge in [-0.3, -0.25) is 4.79 Å². The minimum absolute atomic E-state index is 0.0397. The van der Waals surface area contributed by atoms with Crippen LogP contribution in [0.3, 0.4) is 0 Å². The van der Waals surface area contributed by atoms with Crippen LogP contribution in [0.25, 0.3) is 0 Å². The van der Waals surface area contributed by atoms with Crippen molar-refractivity contribution in [2.75, 3.05) is 0 Å². The van der Waals surface area contributed by atoms with Crippen LogP contribution in [0.1, 0.15) is 28.3 Å². The van der Waals surface area contributed by atoms with E-state index >= 15 is 0 Å². The predicted octanol–water partition coefficient (Wildman–Crippen LogP) is 4.88. The molecule has 0 saturated carbocycles. The van der Waals surface area contributed by atoms with Crippen molar-refractivity contribution in [2.24, 2.45) is 0 Å². The fourth-order valence-electron chi connectivity index (χ4n) is 2.29. The lowest BCUT2D eigenvalue weighted by molar-refractivity contribution is 0.0972. The highest BCUT2D eigenvalue weighted by Gasteiger charge is 2.39. The number of hydrogen-bond acceptors (Lipinski definition) is 3. The molecule has 2 aromatic carbocycles. The highest BCUT2D eigenvalue weighted by Crippen LogP contribution is 2.38. The van der Waals surface area contributed by atoms with Gasteiger partial charge < -0.3 is 0 Å². The maximum atomic E-state index is 12.5. The molecule has 0 bridgehead atoms. The van der Waals surface area contributed by atoms with Gasteiger partial charge >= 0.3 is 0 Å². The summed E-state index contributed by atoms with van der Waals surface area (Å²) in [5, 5.41) is 19.3. The molecule has 3 nitrogen and oxygen atoms in total. The van der Waals surface area contributed by atoms with Crippen LogP contribution < -0.4 is 0 Å². The predicted molar refractivity (Wildman–Crippen MR) is 92.5 cm³/mol. The van der Waals surface area contributed by atoms with Gasteiger partial charge in [0.25, 0.3) is 0 Å². The van der Waals surface area contributed by atoms with E-state index in [1.54, 1.807) is 48.5 Å². The summed E-state index contributed by atoms with van der Waals surface area (Å²) in [6.45, 7) is 0. The lowest BCUT2D eigenvalue weighted by atomic mass is 9.82. The molecular formula is C18H12BrClN2O.